The second-order valence-corrected chi connectivity index (χ2v) is 7.89. The van der Waals surface area contributed by atoms with E-state index in [9.17, 15) is 18.0 Å². The van der Waals surface area contributed by atoms with Gasteiger partial charge in [0, 0.05) is 38.3 Å². The third-order valence-corrected chi connectivity index (χ3v) is 5.61. The molecule has 0 amide bonds. The molecule has 154 valence electrons. The number of carbonyl (C=O) groups excluding carboxylic acids is 1. The molecule has 1 aromatic carbocycles. The SMILES string of the molecule is Cc1nc(N2CCN(c3cccc(C(F)(F)F)c3)CC2)nc2c1C(=O)C[C@@H](C)C2. The first-order valence-corrected chi connectivity index (χ1v) is 9.80. The van der Waals surface area contributed by atoms with Gasteiger partial charge in [0.1, 0.15) is 0 Å². The van der Waals surface area contributed by atoms with Gasteiger partial charge in [0.15, 0.2) is 5.78 Å². The van der Waals surface area contributed by atoms with E-state index in [4.69, 9.17) is 0 Å². The molecule has 0 bridgehead atoms. The molecular formula is C21H23F3N4O. The number of ketones is 1. The predicted octanol–water partition coefficient (Wildman–Crippen LogP) is 3.90. The average Bonchev–Trinajstić information content (AvgIpc) is 2.66. The highest BCUT2D eigenvalue weighted by Crippen LogP contribution is 2.32. The molecule has 1 fully saturated rings. The summed E-state index contributed by atoms with van der Waals surface area (Å²) in [5.74, 6) is 0.985. The summed E-state index contributed by atoms with van der Waals surface area (Å²) in [6, 6.07) is 5.43. The van der Waals surface area contributed by atoms with Crippen LogP contribution in [0.1, 0.15) is 40.7 Å². The minimum Gasteiger partial charge on any atom is -0.368 e. The van der Waals surface area contributed by atoms with Crippen molar-refractivity contribution >= 4 is 17.4 Å². The van der Waals surface area contributed by atoms with Crippen molar-refractivity contribution in [3.8, 4) is 0 Å². The molecule has 2 aliphatic rings. The fraction of sp³-hybridized carbons (Fsp3) is 0.476. The van der Waals surface area contributed by atoms with Crippen LogP contribution in [-0.2, 0) is 12.6 Å². The zero-order chi connectivity index (χ0) is 20.8. The van der Waals surface area contributed by atoms with Crippen molar-refractivity contribution in [3.05, 3.63) is 46.8 Å². The molecular weight excluding hydrogens is 381 g/mol. The van der Waals surface area contributed by atoms with Gasteiger partial charge >= 0.3 is 6.18 Å². The van der Waals surface area contributed by atoms with E-state index in [1.165, 1.54) is 12.1 Å². The number of halogens is 3. The number of fused-ring (bicyclic) bond motifs is 1. The second kappa shape index (κ2) is 7.31. The number of hydrogen-bond acceptors (Lipinski definition) is 5. The summed E-state index contributed by atoms with van der Waals surface area (Å²) in [5.41, 5.74) is 2.12. The Balaban J connectivity index is 1.50. The van der Waals surface area contributed by atoms with Gasteiger partial charge in [-0.3, -0.25) is 4.79 Å². The van der Waals surface area contributed by atoms with Crippen LogP contribution in [0.4, 0.5) is 24.8 Å². The summed E-state index contributed by atoms with van der Waals surface area (Å²) in [4.78, 5) is 25.5. The number of anilines is 2. The molecule has 0 spiro atoms. The molecule has 4 rings (SSSR count). The van der Waals surface area contributed by atoms with Gasteiger partial charge < -0.3 is 9.80 Å². The largest absolute Gasteiger partial charge is 0.416 e. The number of hydrogen-bond donors (Lipinski definition) is 0. The lowest BCUT2D eigenvalue weighted by atomic mass is 9.86. The highest BCUT2D eigenvalue weighted by Gasteiger charge is 2.32. The number of benzene rings is 1. The minimum absolute atomic E-state index is 0.108. The van der Waals surface area contributed by atoms with E-state index >= 15 is 0 Å². The molecule has 1 aromatic heterocycles. The maximum Gasteiger partial charge on any atom is 0.416 e. The Morgan fingerprint density at radius 2 is 1.72 bits per heavy atom. The molecule has 0 radical (unpaired) electrons. The van der Waals surface area contributed by atoms with Gasteiger partial charge in [-0.15, -0.1) is 0 Å². The summed E-state index contributed by atoms with van der Waals surface area (Å²) >= 11 is 0. The van der Waals surface area contributed by atoms with Crippen molar-refractivity contribution in [2.45, 2.75) is 32.9 Å². The molecule has 1 aliphatic heterocycles. The Morgan fingerprint density at radius 3 is 2.41 bits per heavy atom. The fourth-order valence-corrected chi connectivity index (χ4v) is 4.13. The monoisotopic (exact) mass is 404 g/mol. The number of carbonyl (C=O) groups is 1. The fourth-order valence-electron chi connectivity index (χ4n) is 4.13. The molecule has 1 atom stereocenters. The van der Waals surface area contributed by atoms with Gasteiger partial charge in [-0.25, -0.2) is 9.97 Å². The van der Waals surface area contributed by atoms with Crippen molar-refractivity contribution in [3.63, 3.8) is 0 Å². The second-order valence-electron chi connectivity index (χ2n) is 7.89. The van der Waals surface area contributed by atoms with Crippen LogP contribution in [-0.4, -0.2) is 41.9 Å². The number of nitrogens with zero attached hydrogens (tertiary/aromatic N) is 4. The Morgan fingerprint density at radius 1 is 1.03 bits per heavy atom. The number of aryl methyl sites for hydroxylation is 1. The van der Waals surface area contributed by atoms with E-state index in [2.05, 4.69) is 9.97 Å². The maximum atomic E-state index is 13.0. The number of Topliss-reactive ketones (excluding diaryl/α,β-unsaturated/α-hetero) is 1. The number of aromatic nitrogens is 2. The van der Waals surface area contributed by atoms with Crippen molar-refractivity contribution in [2.75, 3.05) is 36.0 Å². The first-order chi connectivity index (χ1) is 13.7. The lowest BCUT2D eigenvalue weighted by Gasteiger charge is -2.36. The van der Waals surface area contributed by atoms with Crippen molar-refractivity contribution in [1.82, 2.24) is 9.97 Å². The van der Waals surface area contributed by atoms with E-state index in [0.29, 0.717) is 55.5 Å². The summed E-state index contributed by atoms with van der Waals surface area (Å²) < 4.78 is 38.9. The van der Waals surface area contributed by atoms with Crippen molar-refractivity contribution < 1.29 is 18.0 Å². The zero-order valence-electron chi connectivity index (χ0n) is 16.5. The average molecular weight is 404 g/mol. The van der Waals surface area contributed by atoms with Crippen LogP contribution in [0.15, 0.2) is 24.3 Å². The van der Waals surface area contributed by atoms with Gasteiger partial charge in [-0.05, 0) is 37.5 Å². The summed E-state index contributed by atoms with van der Waals surface area (Å²) in [6.45, 7) is 6.27. The van der Waals surface area contributed by atoms with Crippen LogP contribution in [0.25, 0.3) is 0 Å². The summed E-state index contributed by atoms with van der Waals surface area (Å²) in [6.07, 6.45) is -3.05. The topological polar surface area (TPSA) is 49.3 Å². The van der Waals surface area contributed by atoms with Gasteiger partial charge in [-0.1, -0.05) is 13.0 Å². The standard InChI is InChI=1S/C21H23F3N4O/c1-13-10-17-19(18(29)11-13)14(2)25-20(26-17)28-8-6-27(7-9-28)16-5-3-4-15(12-16)21(22,23)24/h3-5,12-13H,6-11H2,1-2H3/t13-/m0/s1. The Bertz CT molecular complexity index is 936. The van der Waals surface area contributed by atoms with Gasteiger partial charge in [0.05, 0.1) is 22.5 Å². The minimum atomic E-state index is -4.35. The first kappa shape index (κ1) is 19.7. The predicted molar refractivity (Wildman–Crippen MR) is 104 cm³/mol. The normalized spacial score (nSPS) is 20.0. The number of alkyl halides is 3. The zero-order valence-corrected chi connectivity index (χ0v) is 16.5. The first-order valence-electron chi connectivity index (χ1n) is 9.80. The quantitative estimate of drug-likeness (QED) is 0.760. The highest BCUT2D eigenvalue weighted by atomic mass is 19.4. The lowest BCUT2D eigenvalue weighted by Crippen LogP contribution is -2.47. The highest BCUT2D eigenvalue weighted by molar-refractivity contribution is 5.99. The van der Waals surface area contributed by atoms with Crippen molar-refractivity contribution in [1.29, 1.82) is 0 Å². The van der Waals surface area contributed by atoms with E-state index < -0.39 is 11.7 Å². The van der Waals surface area contributed by atoms with E-state index in [-0.39, 0.29) is 11.7 Å². The molecule has 29 heavy (non-hydrogen) atoms. The van der Waals surface area contributed by atoms with Crippen LogP contribution in [0.3, 0.4) is 0 Å². The molecule has 0 saturated carbocycles. The Hall–Kier alpha value is -2.64. The number of piperazine rings is 1. The van der Waals surface area contributed by atoms with Gasteiger partial charge in [0.2, 0.25) is 5.95 Å². The molecule has 1 aliphatic carbocycles. The Kier molecular flexibility index (Phi) is 4.96. The summed E-state index contributed by atoms with van der Waals surface area (Å²) in [5, 5.41) is 0. The molecule has 0 N–H and O–H groups in total. The number of rotatable bonds is 2. The van der Waals surface area contributed by atoms with Gasteiger partial charge in [-0.2, -0.15) is 13.2 Å². The van der Waals surface area contributed by atoms with Crippen LogP contribution in [0, 0.1) is 12.8 Å². The van der Waals surface area contributed by atoms with E-state index in [0.717, 1.165) is 18.2 Å². The van der Waals surface area contributed by atoms with E-state index in [1.54, 1.807) is 6.07 Å². The van der Waals surface area contributed by atoms with Crippen molar-refractivity contribution in [2.24, 2.45) is 5.92 Å². The molecule has 0 unspecified atom stereocenters. The smallest absolute Gasteiger partial charge is 0.368 e. The third kappa shape index (κ3) is 3.93. The maximum absolute atomic E-state index is 13.0. The Labute approximate surface area is 167 Å². The molecule has 2 aromatic rings. The van der Waals surface area contributed by atoms with Gasteiger partial charge in [0.25, 0.3) is 0 Å². The van der Waals surface area contributed by atoms with Crippen LogP contribution in [0.5, 0.6) is 0 Å². The van der Waals surface area contributed by atoms with Crippen LogP contribution < -0.4 is 9.80 Å². The van der Waals surface area contributed by atoms with E-state index in [1.807, 2.05) is 23.6 Å². The van der Waals surface area contributed by atoms with Crippen LogP contribution in [0.2, 0.25) is 0 Å². The molecule has 1 saturated heterocycles. The molecule has 2 heterocycles. The molecule has 5 nitrogen and oxygen atoms in total. The summed E-state index contributed by atoms with van der Waals surface area (Å²) in [7, 11) is 0. The lowest BCUT2D eigenvalue weighted by molar-refractivity contribution is -0.137. The van der Waals surface area contributed by atoms with Crippen LogP contribution >= 0.6 is 0 Å². The molecule has 8 heteroatoms. The third-order valence-electron chi connectivity index (χ3n) is 5.61.